The Kier molecular flexibility index (Phi) is 4.39. The second-order valence-corrected chi connectivity index (χ2v) is 5.20. The number of hydrogen-bond acceptors (Lipinski definition) is 2. The van der Waals surface area contributed by atoms with Gasteiger partial charge >= 0.3 is 0 Å². The van der Waals surface area contributed by atoms with Crippen LogP contribution in [0.1, 0.15) is 52.9 Å². The van der Waals surface area contributed by atoms with Gasteiger partial charge in [0, 0.05) is 19.2 Å². The summed E-state index contributed by atoms with van der Waals surface area (Å²) in [5.74, 6) is 0. The molecule has 1 saturated heterocycles. The maximum atomic E-state index is 5.43. The van der Waals surface area contributed by atoms with Gasteiger partial charge in [-0.2, -0.15) is 0 Å². The van der Waals surface area contributed by atoms with Crippen molar-refractivity contribution in [2.45, 2.75) is 70.6 Å². The highest BCUT2D eigenvalue weighted by Crippen LogP contribution is 2.21. The van der Waals surface area contributed by atoms with Crippen molar-refractivity contribution in [3.8, 4) is 0 Å². The van der Waals surface area contributed by atoms with Crippen LogP contribution in [0.4, 0.5) is 0 Å². The van der Waals surface area contributed by atoms with Crippen LogP contribution in [-0.4, -0.2) is 24.8 Å². The second-order valence-electron chi connectivity index (χ2n) is 5.20. The first kappa shape index (κ1) is 12.0. The zero-order valence-corrected chi connectivity index (χ0v) is 10.1. The molecule has 0 spiro atoms. The van der Waals surface area contributed by atoms with Gasteiger partial charge in [0.05, 0.1) is 5.60 Å². The molecule has 1 heterocycles. The normalized spacial score (nSPS) is 29.1. The van der Waals surface area contributed by atoms with Crippen LogP contribution in [0.2, 0.25) is 0 Å². The molecule has 2 nitrogen and oxygen atoms in total. The Balaban J connectivity index is 2.23. The summed E-state index contributed by atoms with van der Waals surface area (Å²) in [6.07, 6.45) is 6.44. The van der Waals surface area contributed by atoms with E-state index in [1.54, 1.807) is 7.11 Å². The monoisotopic (exact) mass is 199 g/mol. The molecule has 0 aromatic rings. The zero-order chi connectivity index (χ0) is 10.6. The predicted octanol–water partition coefficient (Wildman–Crippen LogP) is 2.72. The predicted molar refractivity (Wildman–Crippen MR) is 60.6 cm³/mol. The van der Waals surface area contributed by atoms with Crippen molar-refractivity contribution in [3.63, 3.8) is 0 Å². The molecule has 0 aliphatic carbocycles. The van der Waals surface area contributed by atoms with Gasteiger partial charge in [0.15, 0.2) is 0 Å². The number of piperidine rings is 1. The van der Waals surface area contributed by atoms with Crippen LogP contribution < -0.4 is 5.32 Å². The van der Waals surface area contributed by atoms with Crippen LogP contribution in [-0.2, 0) is 4.74 Å². The Labute approximate surface area is 88.4 Å². The molecule has 0 aromatic heterocycles. The summed E-state index contributed by atoms with van der Waals surface area (Å²) in [5.41, 5.74) is 0.0440. The first-order valence-corrected chi connectivity index (χ1v) is 5.85. The van der Waals surface area contributed by atoms with Crippen molar-refractivity contribution in [2.75, 3.05) is 7.11 Å². The summed E-state index contributed by atoms with van der Waals surface area (Å²) in [6.45, 7) is 6.62. The van der Waals surface area contributed by atoms with Crippen LogP contribution in [0.15, 0.2) is 0 Å². The molecular formula is C12H25NO. The van der Waals surface area contributed by atoms with Gasteiger partial charge in [-0.1, -0.05) is 6.42 Å². The lowest BCUT2D eigenvalue weighted by atomic mass is 9.92. The third kappa shape index (κ3) is 3.97. The van der Waals surface area contributed by atoms with Gasteiger partial charge in [-0.15, -0.1) is 0 Å². The summed E-state index contributed by atoms with van der Waals surface area (Å²) >= 11 is 0. The molecule has 0 aromatic carbocycles. The molecule has 1 aliphatic rings. The van der Waals surface area contributed by atoms with E-state index in [0.29, 0.717) is 12.1 Å². The van der Waals surface area contributed by atoms with E-state index < -0.39 is 0 Å². The third-order valence-electron chi connectivity index (χ3n) is 3.36. The Morgan fingerprint density at radius 3 is 2.64 bits per heavy atom. The summed E-state index contributed by atoms with van der Waals surface area (Å²) in [6, 6.07) is 1.42. The van der Waals surface area contributed by atoms with Crippen LogP contribution in [0.25, 0.3) is 0 Å². The van der Waals surface area contributed by atoms with Gasteiger partial charge in [-0.05, 0) is 46.5 Å². The van der Waals surface area contributed by atoms with E-state index in [0.717, 1.165) is 6.42 Å². The summed E-state index contributed by atoms with van der Waals surface area (Å²) in [5, 5.41) is 3.66. The van der Waals surface area contributed by atoms with Crippen molar-refractivity contribution >= 4 is 0 Å². The van der Waals surface area contributed by atoms with Crippen molar-refractivity contribution in [2.24, 2.45) is 0 Å². The molecule has 1 aliphatic heterocycles. The molecule has 0 bridgehead atoms. The molecule has 84 valence electrons. The van der Waals surface area contributed by atoms with Crippen molar-refractivity contribution in [3.05, 3.63) is 0 Å². The summed E-state index contributed by atoms with van der Waals surface area (Å²) < 4.78 is 5.43. The first-order valence-electron chi connectivity index (χ1n) is 5.85. The molecule has 0 radical (unpaired) electrons. The quantitative estimate of drug-likeness (QED) is 0.751. The Morgan fingerprint density at radius 1 is 1.36 bits per heavy atom. The molecule has 2 heteroatoms. The molecule has 2 atom stereocenters. The molecule has 1 N–H and O–H groups in total. The highest BCUT2D eigenvalue weighted by molar-refractivity contribution is 4.80. The van der Waals surface area contributed by atoms with Gasteiger partial charge in [-0.25, -0.2) is 0 Å². The highest BCUT2D eigenvalue weighted by Gasteiger charge is 2.22. The number of rotatable bonds is 4. The molecular weight excluding hydrogens is 174 g/mol. The van der Waals surface area contributed by atoms with Crippen molar-refractivity contribution in [1.82, 2.24) is 5.32 Å². The van der Waals surface area contributed by atoms with E-state index in [2.05, 4.69) is 26.1 Å². The lowest BCUT2D eigenvalue weighted by molar-refractivity contribution is 0.0107. The maximum absolute atomic E-state index is 5.43. The van der Waals surface area contributed by atoms with Crippen molar-refractivity contribution < 1.29 is 4.74 Å². The van der Waals surface area contributed by atoms with E-state index in [4.69, 9.17) is 4.74 Å². The summed E-state index contributed by atoms with van der Waals surface area (Å²) in [4.78, 5) is 0. The Hall–Kier alpha value is -0.0800. The summed E-state index contributed by atoms with van der Waals surface area (Å²) in [7, 11) is 1.80. The van der Waals surface area contributed by atoms with Gasteiger partial charge in [0.2, 0.25) is 0 Å². The van der Waals surface area contributed by atoms with Crippen LogP contribution in [0.5, 0.6) is 0 Å². The lowest BCUT2D eigenvalue weighted by Crippen LogP contribution is -2.41. The smallest absolute Gasteiger partial charge is 0.0623 e. The minimum atomic E-state index is 0.0440. The Morgan fingerprint density at radius 2 is 2.07 bits per heavy atom. The van der Waals surface area contributed by atoms with Gasteiger partial charge < -0.3 is 10.1 Å². The van der Waals surface area contributed by atoms with Crippen LogP contribution in [0.3, 0.4) is 0 Å². The number of ether oxygens (including phenoxy) is 1. The van der Waals surface area contributed by atoms with Crippen LogP contribution in [0, 0.1) is 0 Å². The maximum Gasteiger partial charge on any atom is 0.0623 e. The Bertz CT molecular complexity index is 168. The average Bonchev–Trinajstić information content (AvgIpc) is 2.15. The number of hydrogen-bond donors (Lipinski definition) is 1. The SMILES string of the molecule is COC(C)(C)CCC1CCCC(C)N1. The molecule has 2 unspecified atom stereocenters. The topological polar surface area (TPSA) is 21.3 Å². The van der Waals surface area contributed by atoms with E-state index in [9.17, 15) is 0 Å². The standard InChI is InChI=1S/C12H25NO/c1-10-6-5-7-11(13-10)8-9-12(2,3)14-4/h10-11,13H,5-9H2,1-4H3. The zero-order valence-electron chi connectivity index (χ0n) is 10.1. The van der Waals surface area contributed by atoms with Gasteiger partial charge in [0.25, 0.3) is 0 Å². The minimum absolute atomic E-state index is 0.0440. The van der Waals surface area contributed by atoms with E-state index >= 15 is 0 Å². The number of nitrogens with one attached hydrogen (secondary N) is 1. The molecule has 0 saturated carbocycles. The fraction of sp³-hybridized carbons (Fsp3) is 1.00. The highest BCUT2D eigenvalue weighted by atomic mass is 16.5. The van der Waals surface area contributed by atoms with E-state index in [1.807, 2.05) is 0 Å². The lowest BCUT2D eigenvalue weighted by Gasteiger charge is -2.31. The fourth-order valence-corrected chi connectivity index (χ4v) is 2.09. The van der Waals surface area contributed by atoms with E-state index in [1.165, 1.54) is 25.7 Å². The van der Waals surface area contributed by atoms with E-state index in [-0.39, 0.29) is 5.60 Å². The molecule has 1 rings (SSSR count). The molecule has 1 fully saturated rings. The first-order chi connectivity index (χ1) is 6.53. The fourth-order valence-electron chi connectivity index (χ4n) is 2.09. The average molecular weight is 199 g/mol. The van der Waals surface area contributed by atoms with Crippen LogP contribution >= 0.6 is 0 Å². The third-order valence-corrected chi connectivity index (χ3v) is 3.36. The van der Waals surface area contributed by atoms with Gasteiger partial charge in [-0.3, -0.25) is 0 Å². The molecule has 14 heavy (non-hydrogen) atoms. The van der Waals surface area contributed by atoms with Crippen molar-refractivity contribution in [1.29, 1.82) is 0 Å². The largest absolute Gasteiger partial charge is 0.379 e. The molecule has 0 amide bonds. The second kappa shape index (κ2) is 5.13. The van der Waals surface area contributed by atoms with Gasteiger partial charge in [0.1, 0.15) is 0 Å². The number of methoxy groups -OCH3 is 1. The minimum Gasteiger partial charge on any atom is -0.379 e.